The van der Waals surface area contributed by atoms with Crippen LogP contribution in [0.5, 0.6) is 0 Å². The number of rotatable bonds is 5. The third-order valence-corrected chi connectivity index (χ3v) is 3.24. The summed E-state index contributed by atoms with van der Waals surface area (Å²) in [5, 5.41) is 0. The molecule has 0 spiro atoms. The van der Waals surface area contributed by atoms with Crippen LogP contribution in [0.1, 0.15) is 0 Å². The molecule has 0 amide bonds. The molecule has 0 aromatic carbocycles. The number of ether oxygens (including phenoxy) is 1. The van der Waals surface area contributed by atoms with Gasteiger partial charge in [-0.25, -0.2) is 4.79 Å². The van der Waals surface area contributed by atoms with E-state index in [1.54, 1.807) is 0 Å². The van der Waals surface area contributed by atoms with Crippen molar-refractivity contribution >= 4 is 17.7 Å². The van der Waals surface area contributed by atoms with Crippen LogP contribution in [0.4, 0.5) is 13.2 Å². The quantitative estimate of drug-likeness (QED) is 0.421. The van der Waals surface area contributed by atoms with Crippen LogP contribution in [-0.2, 0) is 26.6 Å². The number of hydrogen-bond donors (Lipinski definition) is 0. The zero-order valence-electron chi connectivity index (χ0n) is 11.5. The van der Waals surface area contributed by atoms with Crippen molar-refractivity contribution in [3.05, 3.63) is 63.7 Å². The number of thioether (sulfide) groups is 1. The second kappa shape index (κ2) is 12.5. The van der Waals surface area contributed by atoms with E-state index in [0.29, 0.717) is 11.5 Å². The minimum absolute atomic E-state index is 0. The Kier molecular flexibility index (Phi) is 12.6. The van der Waals surface area contributed by atoms with Gasteiger partial charge in [-0.1, -0.05) is 0 Å². The fourth-order valence-corrected chi connectivity index (χ4v) is 2.07. The summed E-state index contributed by atoms with van der Waals surface area (Å²) in [4.78, 5) is 10.3. The van der Waals surface area contributed by atoms with E-state index >= 15 is 0 Å². The maximum absolute atomic E-state index is 11.7. The van der Waals surface area contributed by atoms with Crippen LogP contribution in [0.25, 0.3) is 0 Å². The molecule has 2 rings (SSSR count). The minimum atomic E-state index is -4.89. The van der Waals surface area contributed by atoms with E-state index in [0.717, 1.165) is 5.92 Å². The Morgan fingerprint density at radius 2 is 1.50 bits per heavy atom. The summed E-state index contributed by atoms with van der Waals surface area (Å²) in [5.41, 5.74) is 0. The molecule has 0 saturated heterocycles. The summed E-state index contributed by atoms with van der Waals surface area (Å²) in [5.74, 6) is 0.0392. The van der Waals surface area contributed by atoms with Gasteiger partial charge >= 0.3 is 29.2 Å². The second-order valence-corrected chi connectivity index (χ2v) is 5.05. The SMILES string of the molecule is O=C(OCCSC[C]1[CH][CH][CH][CH]1)C(F)(F)F.[CH]1[CH][CH][CH][CH]1.[Fe+2]. The summed E-state index contributed by atoms with van der Waals surface area (Å²) in [7, 11) is 0. The molecule has 0 aliphatic heterocycles. The van der Waals surface area contributed by atoms with Crippen molar-refractivity contribution in [2.75, 3.05) is 18.1 Å². The van der Waals surface area contributed by atoms with Crippen molar-refractivity contribution in [1.82, 2.24) is 0 Å². The van der Waals surface area contributed by atoms with Gasteiger partial charge in [-0.05, 0) is 63.7 Å². The van der Waals surface area contributed by atoms with Gasteiger partial charge in [0.25, 0.3) is 0 Å². The van der Waals surface area contributed by atoms with Crippen molar-refractivity contribution in [3.8, 4) is 0 Å². The molecule has 10 radical (unpaired) electrons. The van der Waals surface area contributed by atoms with Gasteiger partial charge in [-0.15, -0.1) is 0 Å². The van der Waals surface area contributed by atoms with Crippen molar-refractivity contribution in [1.29, 1.82) is 0 Å². The smallest absolute Gasteiger partial charge is 0.458 e. The number of carbonyl (C=O) groups is 1. The molecule has 0 heterocycles. The summed E-state index contributed by atoms with van der Waals surface area (Å²) >= 11 is 1.42. The van der Waals surface area contributed by atoms with Crippen LogP contribution in [0.15, 0.2) is 0 Å². The largest absolute Gasteiger partial charge is 2.00 e. The molecule has 2 saturated carbocycles. The van der Waals surface area contributed by atoms with E-state index in [4.69, 9.17) is 0 Å². The van der Waals surface area contributed by atoms with Crippen molar-refractivity contribution in [3.63, 3.8) is 0 Å². The molecule has 0 aromatic rings. The van der Waals surface area contributed by atoms with Crippen LogP contribution in [0.3, 0.4) is 0 Å². The maximum Gasteiger partial charge on any atom is 2.00 e. The average Bonchev–Trinajstić information content (AvgIpc) is 3.13. The van der Waals surface area contributed by atoms with Gasteiger partial charge in [0.15, 0.2) is 0 Å². The van der Waals surface area contributed by atoms with E-state index in [9.17, 15) is 18.0 Å². The Morgan fingerprint density at radius 3 is 1.95 bits per heavy atom. The van der Waals surface area contributed by atoms with Crippen molar-refractivity contribution in [2.45, 2.75) is 6.18 Å². The molecule has 2 nitrogen and oxygen atoms in total. The van der Waals surface area contributed by atoms with Crippen LogP contribution in [0, 0.1) is 63.7 Å². The average molecular weight is 372 g/mol. The number of halogens is 3. The molecule has 7 heteroatoms. The van der Waals surface area contributed by atoms with Crippen LogP contribution >= 0.6 is 11.8 Å². The predicted octanol–water partition coefficient (Wildman–Crippen LogP) is 3.25. The Labute approximate surface area is 145 Å². The number of alkyl halides is 3. The standard InChI is InChI=1S/C10H10F3O2S.C5H5.Fe/c11-10(12,13)9(14)15-5-6-16-7-8-3-1-2-4-8;1-2-4-5-3-1;/h1-4H,5-7H2;1-5H;/q;;+2. The number of hydrogen-bond acceptors (Lipinski definition) is 3. The fraction of sp³-hybridized carbons (Fsp3) is 0.267. The van der Waals surface area contributed by atoms with Crippen molar-refractivity contribution in [2.24, 2.45) is 0 Å². The van der Waals surface area contributed by atoms with Gasteiger partial charge < -0.3 is 4.74 Å². The van der Waals surface area contributed by atoms with Gasteiger partial charge in [-0.2, -0.15) is 24.9 Å². The van der Waals surface area contributed by atoms with Crippen LogP contribution < -0.4 is 0 Å². The zero-order chi connectivity index (χ0) is 15.6. The predicted molar refractivity (Wildman–Crippen MR) is 76.3 cm³/mol. The maximum atomic E-state index is 11.7. The first kappa shape index (κ1) is 22.1. The van der Waals surface area contributed by atoms with E-state index < -0.39 is 12.1 Å². The van der Waals surface area contributed by atoms with Gasteiger partial charge in [0.1, 0.15) is 6.61 Å². The van der Waals surface area contributed by atoms with Crippen LogP contribution in [0.2, 0.25) is 0 Å². The van der Waals surface area contributed by atoms with E-state index in [2.05, 4.69) is 4.74 Å². The second-order valence-electron chi connectivity index (χ2n) is 3.94. The molecule has 0 N–H and O–H groups in total. The molecular formula is C15H15F3FeO2S+2. The van der Waals surface area contributed by atoms with Crippen LogP contribution in [-0.4, -0.2) is 30.3 Å². The first-order valence-corrected chi connectivity index (χ1v) is 7.34. The van der Waals surface area contributed by atoms with Gasteiger partial charge in [0.2, 0.25) is 0 Å². The van der Waals surface area contributed by atoms with Crippen molar-refractivity contribution < 1.29 is 39.8 Å². The molecule has 0 bridgehead atoms. The van der Waals surface area contributed by atoms with E-state index in [1.165, 1.54) is 11.8 Å². The number of esters is 1. The molecule has 0 aromatic heterocycles. The molecule has 0 unspecified atom stereocenters. The molecule has 120 valence electrons. The third kappa shape index (κ3) is 10.8. The van der Waals surface area contributed by atoms with E-state index in [-0.39, 0.29) is 23.7 Å². The first-order chi connectivity index (χ1) is 10.00. The molecule has 0 atom stereocenters. The number of carbonyl (C=O) groups excluding carboxylic acids is 1. The summed E-state index contributed by atoms with van der Waals surface area (Å²) in [6, 6.07) is 0. The monoisotopic (exact) mass is 372 g/mol. The molecule has 2 aliphatic rings. The topological polar surface area (TPSA) is 26.3 Å². The fourth-order valence-electron chi connectivity index (χ4n) is 1.30. The Hall–Kier alpha value is 0.129. The molecule has 2 fully saturated rings. The van der Waals surface area contributed by atoms with E-state index in [1.807, 2.05) is 57.8 Å². The summed E-state index contributed by atoms with van der Waals surface area (Å²) in [6.07, 6.45) is 12.7. The summed E-state index contributed by atoms with van der Waals surface area (Å²) < 4.78 is 39.1. The van der Waals surface area contributed by atoms with Gasteiger partial charge in [0.05, 0.1) is 0 Å². The zero-order valence-corrected chi connectivity index (χ0v) is 13.5. The Morgan fingerprint density at radius 1 is 1.00 bits per heavy atom. The summed E-state index contributed by atoms with van der Waals surface area (Å²) in [6.45, 7) is -0.219. The van der Waals surface area contributed by atoms with Gasteiger partial charge in [0, 0.05) is 11.5 Å². The molecule has 2 aliphatic carbocycles. The normalized spacial score (nSPS) is 18.3. The van der Waals surface area contributed by atoms with Gasteiger partial charge in [-0.3, -0.25) is 0 Å². The first-order valence-electron chi connectivity index (χ1n) is 6.19. The Bertz CT molecular complexity index is 283. The molecular weight excluding hydrogens is 357 g/mol. The minimum Gasteiger partial charge on any atom is -0.458 e. The Balaban J connectivity index is 0.000000622. The molecule has 22 heavy (non-hydrogen) atoms. The third-order valence-electron chi connectivity index (χ3n) is 2.25.